The molecule has 2 N–H and O–H groups in total. The maximum atomic E-state index is 11.3. The van der Waals surface area contributed by atoms with E-state index in [0.29, 0.717) is 12.5 Å². The van der Waals surface area contributed by atoms with Crippen LogP contribution in [-0.2, 0) is 4.79 Å². The molecule has 0 bridgehead atoms. The Labute approximate surface area is 96.2 Å². The lowest BCUT2D eigenvalue weighted by Gasteiger charge is -2.35. The summed E-state index contributed by atoms with van der Waals surface area (Å²) >= 11 is 5.63. The van der Waals surface area contributed by atoms with Crippen LogP contribution in [0.5, 0.6) is 0 Å². The van der Waals surface area contributed by atoms with Gasteiger partial charge in [0, 0.05) is 6.54 Å². The molecule has 1 amide bonds. The Kier molecular flexibility index (Phi) is 4.41. The molecular weight excluding hydrogens is 214 g/mol. The van der Waals surface area contributed by atoms with Gasteiger partial charge in [-0.15, -0.1) is 11.6 Å². The SMILES string of the molecule is CC1CCCC(O)(CNC(=O)C(C)Cl)C1. The summed E-state index contributed by atoms with van der Waals surface area (Å²) in [4.78, 5) is 11.3. The highest BCUT2D eigenvalue weighted by Crippen LogP contribution is 2.31. The van der Waals surface area contributed by atoms with Gasteiger partial charge in [-0.2, -0.15) is 0 Å². The van der Waals surface area contributed by atoms with E-state index in [1.54, 1.807) is 6.92 Å². The van der Waals surface area contributed by atoms with Crippen LogP contribution in [0.15, 0.2) is 0 Å². The quantitative estimate of drug-likeness (QED) is 0.729. The maximum absolute atomic E-state index is 11.3. The van der Waals surface area contributed by atoms with E-state index in [2.05, 4.69) is 12.2 Å². The van der Waals surface area contributed by atoms with Crippen molar-refractivity contribution in [3.05, 3.63) is 0 Å². The molecule has 4 heteroatoms. The van der Waals surface area contributed by atoms with Crippen molar-refractivity contribution >= 4 is 17.5 Å². The Balaban J connectivity index is 2.39. The van der Waals surface area contributed by atoms with Gasteiger partial charge in [0.05, 0.1) is 5.60 Å². The summed E-state index contributed by atoms with van der Waals surface area (Å²) in [6, 6.07) is 0. The number of hydrogen-bond acceptors (Lipinski definition) is 2. The molecule has 0 heterocycles. The maximum Gasteiger partial charge on any atom is 0.237 e. The molecule has 0 saturated heterocycles. The summed E-state index contributed by atoms with van der Waals surface area (Å²) < 4.78 is 0. The number of carbonyl (C=O) groups excluding carboxylic acids is 1. The van der Waals surface area contributed by atoms with Crippen molar-refractivity contribution in [2.24, 2.45) is 5.92 Å². The minimum Gasteiger partial charge on any atom is -0.388 e. The van der Waals surface area contributed by atoms with Crippen LogP contribution in [0.2, 0.25) is 0 Å². The van der Waals surface area contributed by atoms with Crippen molar-refractivity contribution in [2.75, 3.05) is 6.54 Å². The van der Waals surface area contributed by atoms with E-state index in [4.69, 9.17) is 11.6 Å². The first-order valence-electron chi connectivity index (χ1n) is 5.57. The van der Waals surface area contributed by atoms with Gasteiger partial charge in [0.15, 0.2) is 0 Å². The van der Waals surface area contributed by atoms with Gasteiger partial charge >= 0.3 is 0 Å². The summed E-state index contributed by atoms with van der Waals surface area (Å²) in [5.41, 5.74) is -0.723. The molecule has 0 spiro atoms. The summed E-state index contributed by atoms with van der Waals surface area (Å²) in [6.45, 7) is 4.09. The average Bonchev–Trinajstić information content (AvgIpc) is 2.13. The van der Waals surface area contributed by atoms with Gasteiger partial charge in [-0.1, -0.05) is 19.8 Å². The number of halogens is 1. The molecule has 0 aromatic heterocycles. The molecule has 0 aliphatic heterocycles. The van der Waals surface area contributed by atoms with Crippen LogP contribution in [0, 0.1) is 5.92 Å². The molecule has 0 radical (unpaired) electrons. The predicted molar refractivity (Wildman–Crippen MR) is 60.9 cm³/mol. The van der Waals surface area contributed by atoms with Gasteiger partial charge in [-0.3, -0.25) is 4.79 Å². The number of aliphatic hydroxyl groups is 1. The second kappa shape index (κ2) is 5.17. The van der Waals surface area contributed by atoms with E-state index in [1.165, 1.54) is 6.42 Å². The largest absolute Gasteiger partial charge is 0.388 e. The molecule has 1 fully saturated rings. The summed E-state index contributed by atoms with van der Waals surface area (Å²) in [6.07, 6.45) is 3.74. The highest BCUT2D eigenvalue weighted by Gasteiger charge is 2.32. The number of amides is 1. The van der Waals surface area contributed by atoms with E-state index in [1.807, 2.05) is 0 Å². The number of alkyl halides is 1. The van der Waals surface area contributed by atoms with Crippen molar-refractivity contribution < 1.29 is 9.90 Å². The van der Waals surface area contributed by atoms with E-state index in [-0.39, 0.29) is 5.91 Å². The highest BCUT2D eigenvalue weighted by molar-refractivity contribution is 6.30. The lowest BCUT2D eigenvalue weighted by atomic mass is 9.79. The van der Waals surface area contributed by atoms with Gasteiger partial charge < -0.3 is 10.4 Å². The van der Waals surface area contributed by atoms with Gasteiger partial charge in [-0.25, -0.2) is 0 Å². The van der Waals surface area contributed by atoms with Gasteiger partial charge in [0.25, 0.3) is 0 Å². The Morgan fingerprint density at radius 1 is 1.73 bits per heavy atom. The van der Waals surface area contributed by atoms with Crippen LogP contribution in [0.1, 0.15) is 39.5 Å². The Morgan fingerprint density at radius 2 is 2.40 bits per heavy atom. The Morgan fingerprint density at radius 3 is 2.93 bits per heavy atom. The highest BCUT2D eigenvalue weighted by atomic mass is 35.5. The molecule has 0 aromatic carbocycles. The molecule has 1 saturated carbocycles. The standard InChI is InChI=1S/C11H20ClNO2/c1-8-4-3-5-11(15,6-8)7-13-10(14)9(2)12/h8-9,15H,3-7H2,1-2H3,(H,13,14). The van der Waals surface area contributed by atoms with Crippen molar-refractivity contribution in [3.8, 4) is 0 Å². The van der Waals surface area contributed by atoms with Gasteiger partial charge in [0.2, 0.25) is 5.91 Å². The van der Waals surface area contributed by atoms with E-state index < -0.39 is 11.0 Å². The normalized spacial score (nSPS) is 33.5. The Bertz CT molecular complexity index is 233. The third kappa shape index (κ3) is 3.99. The predicted octanol–water partition coefficient (Wildman–Crippen LogP) is 1.67. The fraction of sp³-hybridized carbons (Fsp3) is 0.909. The van der Waals surface area contributed by atoms with E-state index in [9.17, 15) is 9.90 Å². The topological polar surface area (TPSA) is 49.3 Å². The van der Waals surface area contributed by atoms with Crippen molar-refractivity contribution in [1.82, 2.24) is 5.32 Å². The first-order valence-corrected chi connectivity index (χ1v) is 6.01. The third-order valence-electron chi connectivity index (χ3n) is 3.02. The monoisotopic (exact) mass is 233 g/mol. The van der Waals surface area contributed by atoms with Gasteiger partial charge in [0.1, 0.15) is 5.38 Å². The fourth-order valence-corrected chi connectivity index (χ4v) is 2.26. The zero-order chi connectivity index (χ0) is 11.5. The van der Waals surface area contributed by atoms with Crippen molar-refractivity contribution in [3.63, 3.8) is 0 Å². The van der Waals surface area contributed by atoms with Crippen LogP contribution in [0.3, 0.4) is 0 Å². The number of nitrogens with one attached hydrogen (secondary N) is 1. The van der Waals surface area contributed by atoms with Crippen molar-refractivity contribution in [2.45, 2.75) is 50.5 Å². The lowest BCUT2D eigenvalue weighted by Crippen LogP contribution is -2.47. The third-order valence-corrected chi connectivity index (χ3v) is 3.22. The van der Waals surface area contributed by atoms with E-state index >= 15 is 0 Å². The summed E-state index contributed by atoms with van der Waals surface area (Å²) in [5, 5.41) is 12.4. The van der Waals surface area contributed by atoms with Crippen LogP contribution < -0.4 is 5.32 Å². The molecule has 1 aliphatic rings. The average molecular weight is 234 g/mol. The summed E-state index contributed by atoms with van der Waals surface area (Å²) in [5.74, 6) is 0.331. The minimum absolute atomic E-state index is 0.205. The first-order chi connectivity index (χ1) is 6.93. The minimum atomic E-state index is -0.723. The molecular formula is C11H20ClNO2. The lowest BCUT2D eigenvalue weighted by molar-refractivity contribution is -0.122. The van der Waals surface area contributed by atoms with Crippen molar-refractivity contribution in [1.29, 1.82) is 0 Å². The van der Waals surface area contributed by atoms with Crippen LogP contribution in [-0.4, -0.2) is 28.5 Å². The van der Waals surface area contributed by atoms with Gasteiger partial charge in [-0.05, 0) is 25.7 Å². The molecule has 1 rings (SSSR count). The molecule has 15 heavy (non-hydrogen) atoms. The molecule has 3 nitrogen and oxygen atoms in total. The zero-order valence-electron chi connectivity index (χ0n) is 9.42. The molecule has 0 aromatic rings. The number of rotatable bonds is 3. The Hall–Kier alpha value is -0.280. The van der Waals surface area contributed by atoms with Crippen LogP contribution in [0.4, 0.5) is 0 Å². The number of carbonyl (C=O) groups is 1. The molecule has 1 aliphatic carbocycles. The first kappa shape index (κ1) is 12.8. The van der Waals surface area contributed by atoms with Crippen LogP contribution in [0.25, 0.3) is 0 Å². The zero-order valence-corrected chi connectivity index (χ0v) is 10.2. The number of hydrogen-bond donors (Lipinski definition) is 2. The summed E-state index contributed by atoms with van der Waals surface area (Å²) in [7, 11) is 0. The van der Waals surface area contributed by atoms with E-state index in [0.717, 1.165) is 19.3 Å². The smallest absolute Gasteiger partial charge is 0.237 e. The molecule has 3 atom stereocenters. The molecule has 88 valence electrons. The second-order valence-corrected chi connectivity index (χ2v) is 5.41. The molecule has 3 unspecified atom stereocenters. The second-order valence-electron chi connectivity index (χ2n) is 4.76. The fourth-order valence-electron chi connectivity index (χ4n) is 2.19. The van der Waals surface area contributed by atoms with Crippen LogP contribution >= 0.6 is 11.6 Å².